The molecule has 2 aromatic carbocycles. The molecular weight excluding hydrogens is 490 g/mol. The van der Waals surface area contributed by atoms with Crippen molar-refractivity contribution in [2.75, 3.05) is 0 Å². The molecule has 1 saturated heterocycles. The number of carbonyl (C=O) groups is 3. The molecule has 182 valence electrons. The minimum atomic E-state index is -0.296. The lowest BCUT2D eigenvalue weighted by molar-refractivity contribution is -0.123. The summed E-state index contributed by atoms with van der Waals surface area (Å²) < 4.78 is 1.94. The second-order valence-corrected chi connectivity index (χ2v) is 10.5. The number of aromatic nitrogens is 1. The van der Waals surface area contributed by atoms with E-state index in [0.29, 0.717) is 11.4 Å². The monoisotopic (exact) mass is 515 g/mol. The molecule has 1 fully saturated rings. The van der Waals surface area contributed by atoms with Gasteiger partial charge < -0.3 is 9.88 Å². The molecule has 6 nitrogen and oxygen atoms in total. The van der Waals surface area contributed by atoms with Crippen LogP contribution in [0.4, 0.5) is 4.79 Å². The quantitative estimate of drug-likeness (QED) is 0.300. The number of rotatable bonds is 8. The van der Waals surface area contributed by atoms with Crippen LogP contribution in [-0.4, -0.2) is 26.5 Å². The maximum atomic E-state index is 13.1. The van der Waals surface area contributed by atoms with E-state index in [9.17, 15) is 14.4 Å². The van der Waals surface area contributed by atoms with E-state index in [4.69, 9.17) is 0 Å². The third-order valence-corrected chi connectivity index (χ3v) is 7.87. The zero-order valence-electron chi connectivity index (χ0n) is 19.8. The van der Waals surface area contributed by atoms with Crippen LogP contribution >= 0.6 is 23.1 Å². The molecule has 0 bridgehead atoms. The van der Waals surface area contributed by atoms with Crippen LogP contribution in [-0.2, 0) is 35.6 Å². The predicted octanol–water partition coefficient (Wildman–Crippen LogP) is 5.82. The number of aryl methyl sites for hydroxylation is 1. The van der Waals surface area contributed by atoms with Gasteiger partial charge in [0.2, 0.25) is 5.91 Å². The van der Waals surface area contributed by atoms with Crippen molar-refractivity contribution in [1.82, 2.24) is 14.8 Å². The number of thiophene rings is 1. The highest BCUT2D eigenvalue weighted by molar-refractivity contribution is 8.18. The number of imide groups is 1. The number of nitrogens with one attached hydrogen (secondary N) is 1. The molecular formula is C28H25N3O3S2. The van der Waals surface area contributed by atoms with Crippen LogP contribution in [0.3, 0.4) is 0 Å². The van der Waals surface area contributed by atoms with Crippen molar-refractivity contribution in [3.05, 3.63) is 98.7 Å². The van der Waals surface area contributed by atoms with Gasteiger partial charge in [-0.25, -0.2) is 0 Å². The first-order chi connectivity index (χ1) is 17.5. The van der Waals surface area contributed by atoms with Gasteiger partial charge in [-0.05, 0) is 46.8 Å². The minimum absolute atomic E-state index is 0.0825. The lowest BCUT2D eigenvalue weighted by Gasteiger charge is -2.12. The smallest absolute Gasteiger partial charge is 0.293 e. The van der Waals surface area contributed by atoms with Gasteiger partial charge in [-0.2, -0.15) is 0 Å². The molecule has 0 unspecified atom stereocenters. The third-order valence-electron chi connectivity index (χ3n) is 6.09. The molecule has 0 atom stereocenters. The van der Waals surface area contributed by atoms with Gasteiger partial charge >= 0.3 is 0 Å². The summed E-state index contributed by atoms with van der Waals surface area (Å²) in [6.45, 7) is 2.99. The molecule has 3 amide bonds. The Balaban J connectivity index is 1.42. The highest BCUT2D eigenvalue weighted by Gasteiger charge is 2.35. The van der Waals surface area contributed by atoms with Gasteiger partial charge in [0, 0.05) is 22.0 Å². The molecule has 1 N–H and O–H groups in total. The van der Waals surface area contributed by atoms with Gasteiger partial charge in [0.05, 0.1) is 23.5 Å². The Labute approximate surface area is 217 Å². The lowest BCUT2D eigenvalue weighted by atomic mass is 10.1. The highest BCUT2D eigenvalue weighted by atomic mass is 32.2. The zero-order chi connectivity index (χ0) is 25.1. The highest BCUT2D eigenvalue weighted by Crippen LogP contribution is 2.35. The van der Waals surface area contributed by atoms with E-state index in [-0.39, 0.29) is 30.1 Å². The molecule has 2 aromatic heterocycles. The Hall–Kier alpha value is -3.62. The Morgan fingerprint density at radius 2 is 1.86 bits per heavy atom. The van der Waals surface area contributed by atoms with Gasteiger partial charge in [0.15, 0.2) is 0 Å². The van der Waals surface area contributed by atoms with Crippen LogP contribution in [0.15, 0.2) is 77.1 Å². The first kappa shape index (κ1) is 24.1. The van der Waals surface area contributed by atoms with Gasteiger partial charge in [-0.3, -0.25) is 19.3 Å². The van der Waals surface area contributed by atoms with Crippen molar-refractivity contribution >= 4 is 57.1 Å². The van der Waals surface area contributed by atoms with Crippen molar-refractivity contribution in [2.45, 2.75) is 33.0 Å². The van der Waals surface area contributed by atoms with E-state index in [1.54, 1.807) is 17.4 Å². The van der Waals surface area contributed by atoms with Crippen molar-refractivity contribution in [1.29, 1.82) is 0 Å². The first-order valence-corrected chi connectivity index (χ1v) is 13.4. The molecule has 0 radical (unpaired) electrons. The molecule has 36 heavy (non-hydrogen) atoms. The van der Waals surface area contributed by atoms with Gasteiger partial charge in [-0.15, -0.1) is 11.3 Å². The summed E-state index contributed by atoms with van der Waals surface area (Å²) in [6.07, 6.45) is 4.49. The molecule has 0 aliphatic carbocycles. The molecule has 1 aliphatic heterocycles. The average molecular weight is 516 g/mol. The maximum absolute atomic E-state index is 13.1. The van der Waals surface area contributed by atoms with Crippen molar-refractivity contribution in [2.24, 2.45) is 0 Å². The van der Waals surface area contributed by atoms with Crippen molar-refractivity contribution in [3.8, 4) is 0 Å². The molecule has 8 heteroatoms. The number of fused-ring (bicyclic) bond motifs is 1. The summed E-state index contributed by atoms with van der Waals surface area (Å²) in [7, 11) is 0. The fourth-order valence-corrected chi connectivity index (χ4v) is 5.82. The van der Waals surface area contributed by atoms with Crippen molar-refractivity contribution < 1.29 is 14.4 Å². The molecule has 1 aliphatic rings. The van der Waals surface area contributed by atoms with Crippen LogP contribution in [0.5, 0.6) is 0 Å². The average Bonchev–Trinajstić information content (AvgIpc) is 3.60. The summed E-state index contributed by atoms with van der Waals surface area (Å²) >= 11 is 2.56. The topological polar surface area (TPSA) is 71.4 Å². The Morgan fingerprint density at radius 3 is 2.61 bits per heavy atom. The summed E-state index contributed by atoms with van der Waals surface area (Å²) in [6, 6.07) is 19.5. The van der Waals surface area contributed by atoms with Crippen molar-refractivity contribution in [3.63, 3.8) is 0 Å². The minimum Gasteiger partial charge on any atom is -0.350 e. The Morgan fingerprint density at radius 1 is 1.03 bits per heavy atom. The maximum Gasteiger partial charge on any atom is 0.293 e. The second kappa shape index (κ2) is 10.6. The van der Waals surface area contributed by atoms with E-state index in [1.165, 1.54) is 4.90 Å². The SMILES string of the molecule is CCc1cccc2c(/C=C3\SC(=O)N(Cc4ccccc4)C3=O)cn(CC(=O)NCc3cccs3)c12. The second-order valence-electron chi connectivity index (χ2n) is 8.49. The Bertz CT molecular complexity index is 1460. The molecule has 0 saturated carbocycles. The largest absolute Gasteiger partial charge is 0.350 e. The first-order valence-electron chi connectivity index (χ1n) is 11.7. The predicted molar refractivity (Wildman–Crippen MR) is 145 cm³/mol. The normalized spacial score (nSPS) is 14.8. The van der Waals surface area contributed by atoms with E-state index >= 15 is 0 Å². The Kier molecular flexibility index (Phi) is 7.06. The molecule has 0 spiro atoms. The van der Waals surface area contributed by atoms with E-state index < -0.39 is 0 Å². The zero-order valence-corrected chi connectivity index (χ0v) is 21.4. The number of para-hydroxylation sites is 1. The number of hydrogen-bond acceptors (Lipinski definition) is 5. The van der Waals surface area contributed by atoms with E-state index in [2.05, 4.69) is 18.3 Å². The molecule has 5 rings (SSSR count). The number of carbonyl (C=O) groups excluding carboxylic acids is 3. The number of nitrogens with zero attached hydrogens (tertiary/aromatic N) is 2. The number of thioether (sulfide) groups is 1. The standard InChI is InChI=1S/C28H25N3O3S2/c1-2-20-10-6-12-23-21(17-30(26(20)23)18-25(32)29-15-22-11-7-13-35-22)14-24-27(33)31(28(34)36-24)16-19-8-4-3-5-9-19/h3-14,17H,2,15-16,18H2,1H3,(H,29,32)/b24-14-. The third kappa shape index (κ3) is 5.01. The van der Waals surface area contributed by atoms with Crippen LogP contribution in [0.2, 0.25) is 0 Å². The summed E-state index contributed by atoms with van der Waals surface area (Å²) in [4.78, 5) is 41.3. The lowest BCUT2D eigenvalue weighted by Crippen LogP contribution is -2.27. The fourth-order valence-electron chi connectivity index (χ4n) is 4.34. The summed E-state index contributed by atoms with van der Waals surface area (Å²) in [5, 5.41) is 5.65. The van der Waals surface area contributed by atoms with Gasteiger partial charge in [-0.1, -0.05) is 61.5 Å². The molecule has 3 heterocycles. The number of amides is 3. The van der Waals surface area contributed by atoms with E-state index in [0.717, 1.165) is 50.7 Å². The van der Waals surface area contributed by atoms with Gasteiger partial charge in [0.25, 0.3) is 11.1 Å². The number of hydrogen-bond donors (Lipinski definition) is 1. The summed E-state index contributed by atoms with van der Waals surface area (Å²) in [5.41, 5.74) is 3.81. The molecule has 4 aromatic rings. The van der Waals surface area contributed by atoms with Crippen LogP contribution in [0.1, 0.15) is 28.5 Å². The van der Waals surface area contributed by atoms with Gasteiger partial charge in [0.1, 0.15) is 6.54 Å². The number of benzene rings is 2. The van der Waals surface area contributed by atoms with Crippen LogP contribution in [0, 0.1) is 0 Å². The fraction of sp³-hybridized carbons (Fsp3) is 0.179. The van der Waals surface area contributed by atoms with Crippen LogP contribution in [0.25, 0.3) is 17.0 Å². The summed E-state index contributed by atoms with van der Waals surface area (Å²) in [5.74, 6) is -0.379. The van der Waals surface area contributed by atoms with E-state index in [1.807, 2.05) is 70.7 Å². The van der Waals surface area contributed by atoms with Crippen LogP contribution < -0.4 is 5.32 Å².